The molecule has 4 nitrogen and oxygen atoms in total. The second-order valence-electron chi connectivity index (χ2n) is 5.56. The summed E-state index contributed by atoms with van der Waals surface area (Å²) < 4.78 is 17.2. The smallest absolute Gasteiger partial charge is 0.163 e. The predicted molar refractivity (Wildman–Crippen MR) is 63.7 cm³/mol. The van der Waals surface area contributed by atoms with Gasteiger partial charge in [-0.3, -0.25) is 0 Å². The molecular formula is C13H24O4. The van der Waals surface area contributed by atoms with Crippen molar-refractivity contribution in [3.8, 4) is 0 Å². The molecule has 0 spiro atoms. The first kappa shape index (κ1) is 13.3. The van der Waals surface area contributed by atoms with Gasteiger partial charge in [-0.25, -0.2) is 0 Å². The van der Waals surface area contributed by atoms with Gasteiger partial charge in [-0.05, 0) is 26.7 Å². The Morgan fingerprint density at radius 1 is 1.29 bits per heavy atom. The van der Waals surface area contributed by atoms with Crippen LogP contribution < -0.4 is 0 Å². The van der Waals surface area contributed by atoms with Crippen molar-refractivity contribution in [3.63, 3.8) is 0 Å². The van der Waals surface area contributed by atoms with Gasteiger partial charge in [0.2, 0.25) is 0 Å². The maximum atomic E-state index is 9.94. The van der Waals surface area contributed by atoms with Crippen LogP contribution in [0.4, 0.5) is 0 Å². The van der Waals surface area contributed by atoms with E-state index in [4.69, 9.17) is 14.2 Å². The Labute approximate surface area is 103 Å². The van der Waals surface area contributed by atoms with Crippen LogP contribution in [0.5, 0.6) is 0 Å². The van der Waals surface area contributed by atoms with E-state index in [1.807, 2.05) is 13.8 Å². The zero-order valence-electron chi connectivity index (χ0n) is 11.0. The average Bonchev–Trinajstić information content (AvgIpc) is 2.70. The molecule has 0 radical (unpaired) electrons. The van der Waals surface area contributed by atoms with Gasteiger partial charge in [0.25, 0.3) is 0 Å². The Morgan fingerprint density at radius 2 is 2.00 bits per heavy atom. The summed E-state index contributed by atoms with van der Waals surface area (Å²) in [6, 6.07) is 0. The van der Waals surface area contributed by atoms with Crippen molar-refractivity contribution < 1.29 is 19.3 Å². The lowest BCUT2D eigenvalue weighted by molar-refractivity contribution is -0.168. The Kier molecular flexibility index (Phi) is 4.08. The lowest BCUT2D eigenvalue weighted by atomic mass is 10.1. The third-order valence-corrected chi connectivity index (χ3v) is 3.53. The number of hydrogen-bond donors (Lipinski definition) is 1. The van der Waals surface area contributed by atoms with Gasteiger partial charge in [-0.2, -0.15) is 0 Å². The van der Waals surface area contributed by atoms with Crippen LogP contribution in [0.1, 0.15) is 40.0 Å². The third kappa shape index (κ3) is 2.99. The van der Waals surface area contributed by atoms with Crippen molar-refractivity contribution in [3.05, 3.63) is 0 Å². The van der Waals surface area contributed by atoms with Gasteiger partial charge in [-0.1, -0.05) is 13.3 Å². The summed E-state index contributed by atoms with van der Waals surface area (Å²) in [5, 5.41) is 9.94. The minimum absolute atomic E-state index is 0.0124. The van der Waals surface area contributed by atoms with Crippen molar-refractivity contribution >= 4 is 0 Å². The highest BCUT2D eigenvalue weighted by Gasteiger charge is 2.53. The molecule has 0 aromatic rings. The first-order valence-corrected chi connectivity index (χ1v) is 6.65. The molecule has 1 aliphatic heterocycles. The normalized spacial score (nSPS) is 39.5. The second-order valence-corrected chi connectivity index (χ2v) is 5.56. The highest BCUT2D eigenvalue weighted by Crippen LogP contribution is 2.41. The van der Waals surface area contributed by atoms with Gasteiger partial charge in [0.15, 0.2) is 5.79 Å². The summed E-state index contributed by atoms with van der Waals surface area (Å²) in [6.45, 7) is 7.40. The van der Waals surface area contributed by atoms with Gasteiger partial charge in [-0.15, -0.1) is 0 Å². The molecule has 2 fully saturated rings. The van der Waals surface area contributed by atoms with E-state index in [0.29, 0.717) is 6.61 Å². The molecular weight excluding hydrogens is 220 g/mol. The highest BCUT2D eigenvalue weighted by molar-refractivity contribution is 4.98. The van der Waals surface area contributed by atoms with Crippen molar-refractivity contribution in [1.29, 1.82) is 0 Å². The monoisotopic (exact) mass is 244 g/mol. The summed E-state index contributed by atoms with van der Waals surface area (Å²) in [4.78, 5) is 0. The number of rotatable bonds is 5. The average molecular weight is 244 g/mol. The topological polar surface area (TPSA) is 47.9 Å². The van der Waals surface area contributed by atoms with Crippen LogP contribution >= 0.6 is 0 Å². The number of fused-ring (bicyclic) bond motifs is 1. The standard InChI is InChI=1S/C13H24O4/c1-4-5-6-15-8-9-7-10(14)12-11(9)16-13(2,3)17-12/h9-12,14H,4-8H2,1-3H3/t9-,10+,11-,12+/m1/s1. The molecule has 0 aromatic carbocycles. The molecule has 4 atom stereocenters. The summed E-state index contributed by atoms with van der Waals surface area (Å²) in [7, 11) is 0. The quantitative estimate of drug-likeness (QED) is 0.748. The molecule has 1 N–H and O–H groups in total. The molecule has 0 aromatic heterocycles. The Hall–Kier alpha value is -0.160. The zero-order valence-corrected chi connectivity index (χ0v) is 11.0. The fraction of sp³-hybridized carbons (Fsp3) is 1.00. The van der Waals surface area contributed by atoms with Crippen LogP contribution in [0.25, 0.3) is 0 Å². The van der Waals surface area contributed by atoms with Crippen molar-refractivity contribution in [2.24, 2.45) is 5.92 Å². The molecule has 2 rings (SSSR count). The van der Waals surface area contributed by atoms with Crippen molar-refractivity contribution in [1.82, 2.24) is 0 Å². The number of unbranched alkanes of at least 4 members (excludes halogenated alkanes) is 1. The van der Waals surface area contributed by atoms with Gasteiger partial charge in [0, 0.05) is 12.5 Å². The SMILES string of the molecule is CCCCOC[C@H]1C[C@H](O)[C@@H]2OC(C)(C)O[C@H]12. The van der Waals surface area contributed by atoms with Gasteiger partial charge < -0.3 is 19.3 Å². The van der Waals surface area contributed by atoms with Gasteiger partial charge in [0.05, 0.1) is 18.8 Å². The Balaban J connectivity index is 1.83. The van der Waals surface area contributed by atoms with Crippen molar-refractivity contribution in [2.75, 3.05) is 13.2 Å². The summed E-state index contributed by atoms with van der Waals surface area (Å²) in [6.07, 6.45) is 2.35. The van der Waals surface area contributed by atoms with E-state index in [2.05, 4.69) is 6.92 Å². The predicted octanol–water partition coefficient (Wildman–Crippen LogP) is 1.70. The number of aliphatic hydroxyl groups excluding tert-OH is 1. The van der Waals surface area contributed by atoms with E-state index in [1.54, 1.807) is 0 Å². The molecule has 1 aliphatic carbocycles. The lowest BCUT2D eigenvalue weighted by Crippen LogP contribution is -2.28. The van der Waals surface area contributed by atoms with Crippen LogP contribution in [-0.4, -0.2) is 42.4 Å². The molecule has 0 unspecified atom stereocenters. The zero-order chi connectivity index (χ0) is 12.5. The summed E-state index contributed by atoms with van der Waals surface area (Å²) in [5.74, 6) is -0.313. The molecule has 1 saturated carbocycles. The number of ether oxygens (including phenoxy) is 3. The molecule has 1 heterocycles. The van der Waals surface area contributed by atoms with E-state index in [1.165, 1.54) is 0 Å². The molecule has 0 amide bonds. The van der Waals surface area contributed by atoms with E-state index in [9.17, 15) is 5.11 Å². The summed E-state index contributed by atoms with van der Waals surface area (Å²) in [5.41, 5.74) is 0. The molecule has 2 aliphatic rings. The lowest BCUT2D eigenvalue weighted by Gasteiger charge is -2.22. The molecule has 100 valence electrons. The largest absolute Gasteiger partial charge is 0.390 e. The highest BCUT2D eigenvalue weighted by atomic mass is 16.8. The maximum absolute atomic E-state index is 9.94. The maximum Gasteiger partial charge on any atom is 0.163 e. The van der Waals surface area contributed by atoms with Crippen LogP contribution in [0.2, 0.25) is 0 Å². The molecule has 0 bridgehead atoms. The van der Waals surface area contributed by atoms with Gasteiger partial charge in [0.1, 0.15) is 6.10 Å². The third-order valence-electron chi connectivity index (χ3n) is 3.53. The number of aliphatic hydroxyl groups is 1. The van der Waals surface area contributed by atoms with Crippen LogP contribution in [0.3, 0.4) is 0 Å². The van der Waals surface area contributed by atoms with Gasteiger partial charge >= 0.3 is 0 Å². The van der Waals surface area contributed by atoms with Crippen molar-refractivity contribution in [2.45, 2.75) is 64.1 Å². The summed E-state index contributed by atoms with van der Waals surface area (Å²) >= 11 is 0. The van der Waals surface area contributed by atoms with E-state index in [-0.39, 0.29) is 18.1 Å². The minimum atomic E-state index is -0.571. The molecule has 4 heteroatoms. The fourth-order valence-corrected chi connectivity index (χ4v) is 2.70. The fourth-order valence-electron chi connectivity index (χ4n) is 2.70. The van der Waals surface area contributed by atoms with E-state index in [0.717, 1.165) is 25.9 Å². The molecule has 17 heavy (non-hydrogen) atoms. The van der Waals surface area contributed by atoms with Crippen LogP contribution in [0, 0.1) is 5.92 Å². The van der Waals surface area contributed by atoms with Crippen LogP contribution in [-0.2, 0) is 14.2 Å². The first-order chi connectivity index (χ1) is 8.03. The first-order valence-electron chi connectivity index (χ1n) is 6.65. The van der Waals surface area contributed by atoms with E-state index < -0.39 is 11.9 Å². The Bertz CT molecular complexity index is 254. The Morgan fingerprint density at radius 3 is 2.71 bits per heavy atom. The number of hydrogen-bond acceptors (Lipinski definition) is 4. The molecule has 1 saturated heterocycles. The second kappa shape index (κ2) is 5.22. The van der Waals surface area contributed by atoms with E-state index >= 15 is 0 Å². The minimum Gasteiger partial charge on any atom is -0.390 e. The van der Waals surface area contributed by atoms with Crippen LogP contribution in [0.15, 0.2) is 0 Å².